The van der Waals surface area contributed by atoms with E-state index in [1.165, 1.54) is 0 Å². The number of ether oxygens (including phenoxy) is 1. The van der Waals surface area contributed by atoms with Crippen molar-refractivity contribution in [2.75, 3.05) is 11.9 Å². The zero-order valence-corrected chi connectivity index (χ0v) is 11.7. The van der Waals surface area contributed by atoms with Crippen molar-refractivity contribution < 1.29 is 14.3 Å². The first-order chi connectivity index (χ1) is 9.58. The van der Waals surface area contributed by atoms with Gasteiger partial charge >= 0.3 is 5.97 Å². The number of aromatic nitrogens is 1. The summed E-state index contributed by atoms with van der Waals surface area (Å²) in [6.07, 6.45) is 1.59. The second kappa shape index (κ2) is 6.45. The van der Waals surface area contributed by atoms with Crippen LogP contribution in [-0.2, 0) is 9.53 Å². The third kappa shape index (κ3) is 3.53. The Balaban J connectivity index is 1.90. The first-order valence-corrected chi connectivity index (χ1v) is 6.38. The molecule has 1 amide bonds. The van der Waals surface area contributed by atoms with Crippen LogP contribution >= 0.6 is 23.2 Å². The molecular formula is C13H10Cl2N2O3. The molecule has 2 rings (SSSR count). The van der Waals surface area contributed by atoms with Crippen molar-refractivity contribution in [2.24, 2.45) is 0 Å². The molecule has 0 saturated carbocycles. The Bertz CT molecular complexity index is 627. The Labute approximate surface area is 124 Å². The van der Waals surface area contributed by atoms with E-state index in [0.717, 1.165) is 0 Å². The van der Waals surface area contributed by atoms with Crippen LogP contribution < -0.4 is 5.32 Å². The van der Waals surface area contributed by atoms with Crippen molar-refractivity contribution in [3.8, 4) is 0 Å². The highest BCUT2D eigenvalue weighted by Gasteiger charge is 2.12. The molecule has 0 bridgehead atoms. The summed E-state index contributed by atoms with van der Waals surface area (Å²) in [6.45, 7) is -0.416. The Morgan fingerprint density at radius 2 is 2.00 bits per heavy atom. The highest BCUT2D eigenvalue weighted by molar-refractivity contribution is 6.44. The van der Waals surface area contributed by atoms with Crippen molar-refractivity contribution in [3.63, 3.8) is 0 Å². The molecule has 5 nitrogen and oxygen atoms in total. The zero-order chi connectivity index (χ0) is 14.5. The van der Waals surface area contributed by atoms with E-state index >= 15 is 0 Å². The van der Waals surface area contributed by atoms with Gasteiger partial charge in [0.25, 0.3) is 5.91 Å². The van der Waals surface area contributed by atoms with E-state index in [-0.39, 0.29) is 10.7 Å². The summed E-state index contributed by atoms with van der Waals surface area (Å²) in [5, 5.41) is 3.07. The summed E-state index contributed by atoms with van der Waals surface area (Å²) in [4.78, 5) is 25.8. The predicted octanol–water partition coefficient (Wildman–Crippen LogP) is 3.12. The van der Waals surface area contributed by atoms with Gasteiger partial charge in [-0.3, -0.25) is 4.79 Å². The standard InChI is InChI=1S/C13H10Cl2N2O3/c14-8-3-1-4-9(12(8)15)17-11(18)7-20-13(19)10-5-2-6-16-10/h1-6,16H,7H2,(H,17,18). The molecule has 1 aromatic carbocycles. The second-order valence-electron chi connectivity index (χ2n) is 3.81. The SMILES string of the molecule is O=C(COC(=O)c1ccc[nH]1)Nc1cccc(Cl)c1Cl. The fourth-order valence-corrected chi connectivity index (χ4v) is 1.80. The molecule has 0 fully saturated rings. The van der Waals surface area contributed by atoms with Crippen LogP contribution in [0.1, 0.15) is 10.5 Å². The van der Waals surface area contributed by atoms with E-state index in [2.05, 4.69) is 10.3 Å². The summed E-state index contributed by atoms with van der Waals surface area (Å²) in [5.74, 6) is -1.11. The Morgan fingerprint density at radius 1 is 1.20 bits per heavy atom. The van der Waals surface area contributed by atoms with Gasteiger partial charge in [0.1, 0.15) is 5.69 Å². The monoisotopic (exact) mass is 312 g/mol. The van der Waals surface area contributed by atoms with E-state index in [4.69, 9.17) is 27.9 Å². The number of esters is 1. The van der Waals surface area contributed by atoms with Gasteiger partial charge in [0.05, 0.1) is 15.7 Å². The highest BCUT2D eigenvalue weighted by Crippen LogP contribution is 2.29. The number of rotatable bonds is 4. The number of amides is 1. The van der Waals surface area contributed by atoms with Crippen LogP contribution in [0.2, 0.25) is 10.0 Å². The molecule has 0 aliphatic heterocycles. The number of carbonyl (C=O) groups is 2. The lowest BCUT2D eigenvalue weighted by molar-refractivity contribution is -0.119. The van der Waals surface area contributed by atoms with Crippen molar-refractivity contribution in [1.82, 2.24) is 4.98 Å². The molecule has 0 spiro atoms. The van der Waals surface area contributed by atoms with Gasteiger partial charge in [-0.15, -0.1) is 0 Å². The van der Waals surface area contributed by atoms with E-state index in [1.54, 1.807) is 36.5 Å². The van der Waals surface area contributed by atoms with Gasteiger partial charge in [0, 0.05) is 6.20 Å². The number of benzene rings is 1. The first-order valence-electron chi connectivity index (χ1n) is 5.62. The average Bonchev–Trinajstić information content (AvgIpc) is 2.95. The predicted molar refractivity (Wildman–Crippen MR) is 76.2 cm³/mol. The van der Waals surface area contributed by atoms with E-state index in [9.17, 15) is 9.59 Å². The second-order valence-corrected chi connectivity index (χ2v) is 4.59. The molecular weight excluding hydrogens is 303 g/mol. The molecule has 7 heteroatoms. The van der Waals surface area contributed by atoms with Gasteiger partial charge in [-0.05, 0) is 24.3 Å². The lowest BCUT2D eigenvalue weighted by Crippen LogP contribution is -2.21. The number of H-pyrrole nitrogens is 1. The lowest BCUT2D eigenvalue weighted by Gasteiger charge is -2.08. The molecule has 104 valence electrons. The minimum absolute atomic E-state index is 0.234. The number of aromatic amines is 1. The molecule has 0 unspecified atom stereocenters. The summed E-state index contributed by atoms with van der Waals surface area (Å²) in [6, 6.07) is 8.05. The Hall–Kier alpha value is -1.98. The van der Waals surface area contributed by atoms with Crippen LogP contribution in [-0.4, -0.2) is 23.5 Å². The third-order valence-corrected chi connectivity index (χ3v) is 3.20. The Morgan fingerprint density at radius 3 is 2.70 bits per heavy atom. The van der Waals surface area contributed by atoms with E-state index in [1.807, 2.05) is 0 Å². The molecule has 20 heavy (non-hydrogen) atoms. The molecule has 2 aromatic rings. The minimum atomic E-state index is -0.609. The van der Waals surface area contributed by atoms with Gasteiger partial charge < -0.3 is 15.0 Å². The number of anilines is 1. The summed E-state index contributed by atoms with van der Waals surface area (Å²) in [5.41, 5.74) is 0.638. The Kier molecular flexibility index (Phi) is 4.65. The van der Waals surface area contributed by atoms with Crippen molar-refractivity contribution >= 4 is 40.8 Å². The molecule has 2 N–H and O–H groups in total. The third-order valence-electron chi connectivity index (χ3n) is 2.38. The fraction of sp³-hybridized carbons (Fsp3) is 0.0769. The molecule has 0 aliphatic carbocycles. The van der Waals surface area contributed by atoms with Gasteiger partial charge in [0.15, 0.2) is 6.61 Å². The summed E-state index contributed by atoms with van der Waals surface area (Å²) >= 11 is 11.7. The van der Waals surface area contributed by atoms with Gasteiger partial charge in [-0.2, -0.15) is 0 Å². The smallest absolute Gasteiger partial charge is 0.355 e. The van der Waals surface area contributed by atoms with E-state index in [0.29, 0.717) is 10.7 Å². The fourth-order valence-electron chi connectivity index (χ4n) is 1.45. The van der Waals surface area contributed by atoms with Crippen LogP contribution in [0.15, 0.2) is 36.5 Å². The molecule has 1 heterocycles. The lowest BCUT2D eigenvalue weighted by atomic mass is 10.3. The van der Waals surface area contributed by atoms with Crippen molar-refractivity contribution in [2.45, 2.75) is 0 Å². The number of hydrogen-bond donors (Lipinski definition) is 2. The van der Waals surface area contributed by atoms with Gasteiger partial charge in [-0.1, -0.05) is 29.3 Å². The van der Waals surface area contributed by atoms with Crippen molar-refractivity contribution in [3.05, 3.63) is 52.3 Å². The van der Waals surface area contributed by atoms with Crippen LogP contribution in [0.3, 0.4) is 0 Å². The molecule has 0 saturated heterocycles. The maximum absolute atomic E-state index is 11.6. The summed E-state index contributed by atoms with van der Waals surface area (Å²) < 4.78 is 4.83. The maximum Gasteiger partial charge on any atom is 0.355 e. The average molecular weight is 313 g/mol. The zero-order valence-electron chi connectivity index (χ0n) is 10.2. The topological polar surface area (TPSA) is 71.2 Å². The maximum atomic E-state index is 11.6. The van der Waals surface area contributed by atoms with Crippen LogP contribution in [0.4, 0.5) is 5.69 Å². The largest absolute Gasteiger partial charge is 0.451 e. The van der Waals surface area contributed by atoms with Crippen molar-refractivity contribution in [1.29, 1.82) is 0 Å². The quantitative estimate of drug-likeness (QED) is 0.852. The normalized spacial score (nSPS) is 10.1. The van der Waals surface area contributed by atoms with Crippen LogP contribution in [0.5, 0.6) is 0 Å². The molecule has 0 radical (unpaired) electrons. The number of halogens is 2. The van der Waals surface area contributed by atoms with Crippen LogP contribution in [0.25, 0.3) is 0 Å². The van der Waals surface area contributed by atoms with Crippen LogP contribution in [0, 0.1) is 0 Å². The minimum Gasteiger partial charge on any atom is -0.451 e. The summed E-state index contributed by atoms with van der Waals surface area (Å²) in [7, 11) is 0. The van der Waals surface area contributed by atoms with Gasteiger partial charge in [0.2, 0.25) is 0 Å². The highest BCUT2D eigenvalue weighted by atomic mass is 35.5. The molecule has 0 aliphatic rings. The number of carbonyl (C=O) groups excluding carboxylic acids is 2. The number of nitrogens with one attached hydrogen (secondary N) is 2. The molecule has 1 aromatic heterocycles. The first kappa shape index (κ1) is 14.4. The van der Waals surface area contributed by atoms with Gasteiger partial charge in [-0.25, -0.2) is 4.79 Å². The molecule has 0 atom stereocenters. The number of hydrogen-bond acceptors (Lipinski definition) is 3. The van der Waals surface area contributed by atoms with E-state index < -0.39 is 18.5 Å².